The van der Waals surface area contributed by atoms with E-state index in [1.165, 1.54) is 25.2 Å². The maximum atomic E-state index is 12.0. The summed E-state index contributed by atoms with van der Waals surface area (Å²) in [6, 6.07) is 5.11. The lowest BCUT2D eigenvalue weighted by Crippen LogP contribution is -2.32. The number of benzene rings is 1. The van der Waals surface area contributed by atoms with Crippen molar-refractivity contribution < 1.29 is 24.2 Å². The van der Waals surface area contributed by atoms with Crippen molar-refractivity contribution in [2.45, 2.75) is 12.8 Å². The molecule has 0 amide bonds. The van der Waals surface area contributed by atoms with E-state index in [4.69, 9.17) is 26.8 Å². The zero-order valence-electron chi connectivity index (χ0n) is 12.9. The van der Waals surface area contributed by atoms with Crippen LogP contribution < -0.4 is 9.47 Å². The number of ether oxygens (including phenoxy) is 2. The van der Waals surface area contributed by atoms with Crippen LogP contribution in [0.2, 0.25) is 0 Å². The first-order valence-electron chi connectivity index (χ1n) is 6.95. The Morgan fingerprint density at radius 1 is 1.30 bits per heavy atom. The van der Waals surface area contributed by atoms with Gasteiger partial charge in [-0.05, 0) is 12.1 Å². The number of ketones is 1. The molecule has 0 bridgehead atoms. The van der Waals surface area contributed by atoms with Gasteiger partial charge in [-0.2, -0.15) is 0 Å². The van der Waals surface area contributed by atoms with E-state index in [1.807, 2.05) is 0 Å². The van der Waals surface area contributed by atoms with Gasteiger partial charge in [0.25, 0.3) is 0 Å². The molecular formula is C16H17NO5S. The lowest BCUT2D eigenvalue weighted by atomic mass is 10.1. The van der Waals surface area contributed by atoms with Crippen LogP contribution in [-0.2, 0) is 9.59 Å². The number of carboxylic acid groups (broad SMARTS) is 1. The van der Waals surface area contributed by atoms with Crippen molar-refractivity contribution >= 4 is 34.7 Å². The molecule has 1 aliphatic rings. The average Bonchev–Trinajstić information content (AvgIpc) is 2.67. The third kappa shape index (κ3) is 3.87. The Morgan fingerprint density at radius 2 is 2.04 bits per heavy atom. The van der Waals surface area contributed by atoms with Crippen molar-refractivity contribution in [3.8, 4) is 11.5 Å². The van der Waals surface area contributed by atoms with Gasteiger partial charge in [-0.1, -0.05) is 12.2 Å². The largest absolute Gasteiger partial charge is 0.497 e. The molecular weight excluding hydrogens is 318 g/mol. The molecule has 1 aromatic rings. The number of rotatable bonds is 5. The van der Waals surface area contributed by atoms with Gasteiger partial charge in [-0.25, -0.2) is 0 Å². The molecule has 1 heterocycles. The topological polar surface area (TPSA) is 76.1 Å². The molecule has 0 saturated heterocycles. The fraction of sp³-hybridized carbons (Fsp3) is 0.312. The number of hydrogen-bond donors (Lipinski definition) is 1. The van der Waals surface area contributed by atoms with Crippen LogP contribution >= 0.6 is 12.2 Å². The molecule has 6 nitrogen and oxygen atoms in total. The van der Waals surface area contributed by atoms with E-state index in [1.54, 1.807) is 18.2 Å². The average molecular weight is 335 g/mol. The van der Waals surface area contributed by atoms with Crippen molar-refractivity contribution in [2.75, 3.05) is 20.8 Å². The number of nitrogens with zero attached hydrogens (tertiary/aromatic N) is 1. The second-order valence-corrected chi connectivity index (χ2v) is 5.41. The van der Waals surface area contributed by atoms with Crippen molar-refractivity contribution in [1.82, 2.24) is 4.90 Å². The Balaban J connectivity index is 2.56. The number of methoxy groups -OCH3 is 2. The Morgan fingerprint density at radius 3 is 2.65 bits per heavy atom. The van der Waals surface area contributed by atoms with Gasteiger partial charge in [0.1, 0.15) is 18.0 Å². The van der Waals surface area contributed by atoms with Gasteiger partial charge < -0.3 is 19.5 Å². The molecule has 122 valence electrons. The molecule has 23 heavy (non-hydrogen) atoms. The zero-order valence-corrected chi connectivity index (χ0v) is 13.7. The Kier molecular flexibility index (Phi) is 5.33. The van der Waals surface area contributed by atoms with Gasteiger partial charge in [0.15, 0.2) is 5.78 Å². The molecule has 7 heteroatoms. The number of thiocarbonyl (C=S) groups is 1. The van der Waals surface area contributed by atoms with Gasteiger partial charge in [0, 0.05) is 30.5 Å². The predicted molar refractivity (Wildman–Crippen MR) is 88.7 cm³/mol. The van der Waals surface area contributed by atoms with Crippen molar-refractivity contribution in [3.63, 3.8) is 0 Å². The van der Waals surface area contributed by atoms with E-state index in [0.29, 0.717) is 34.2 Å². The highest BCUT2D eigenvalue weighted by molar-refractivity contribution is 7.80. The summed E-state index contributed by atoms with van der Waals surface area (Å²) in [5.41, 5.74) is 1.02. The van der Waals surface area contributed by atoms with Gasteiger partial charge in [-0.3, -0.25) is 9.59 Å². The maximum Gasteiger partial charge on any atom is 0.323 e. The summed E-state index contributed by atoms with van der Waals surface area (Å²) in [5, 5.41) is 9.15. The van der Waals surface area contributed by atoms with E-state index >= 15 is 0 Å². The minimum absolute atomic E-state index is 0.104. The fourth-order valence-corrected chi connectivity index (χ4v) is 2.61. The Hall–Kier alpha value is -2.41. The third-order valence-electron chi connectivity index (χ3n) is 3.45. The molecule has 1 aliphatic heterocycles. The van der Waals surface area contributed by atoms with Crippen LogP contribution in [0.1, 0.15) is 18.4 Å². The standard InChI is InChI=1S/C16H17NO5S/c1-21-11-4-5-12(14(8-11)22-2)13-7-10(18)3-6-15(23)17(13)9-16(19)20/h4-5,7-8H,3,6,9H2,1-2H3,(H,19,20). The van der Waals surface area contributed by atoms with Crippen molar-refractivity contribution in [1.29, 1.82) is 0 Å². The second kappa shape index (κ2) is 7.23. The molecule has 1 N–H and O–H groups in total. The predicted octanol–water partition coefficient (Wildman–Crippen LogP) is 2.12. The fourth-order valence-electron chi connectivity index (χ4n) is 2.34. The monoisotopic (exact) mass is 335 g/mol. The molecule has 0 spiro atoms. The first kappa shape index (κ1) is 17.0. The van der Waals surface area contributed by atoms with Crippen LogP contribution in [0.3, 0.4) is 0 Å². The van der Waals surface area contributed by atoms with Crippen LogP contribution in [-0.4, -0.2) is 47.5 Å². The number of carbonyl (C=O) groups is 2. The number of aliphatic carboxylic acids is 1. The highest BCUT2D eigenvalue weighted by atomic mass is 32.1. The Labute approximate surface area is 139 Å². The van der Waals surface area contributed by atoms with Crippen molar-refractivity contribution in [2.24, 2.45) is 0 Å². The normalized spacial score (nSPS) is 15.0. The number of allylic oxidation sites excluding steroid dienone is 1. The van der Waals surface area contributed by atoms with Gasteiger partial charge in [0.2, 0.25) is 0 Å². The van der Waals surface area contributed by atoms with E-state index < -0.39 is 5.97 Å². The summed E-state index contributed by atoms with van der Waals surface area (Å²) in [5.74, 6) is -0.0600. The molecule has 0 aromatic heterocycles. The van der Waals surface area contributed by atoms with Gasteiger partial charge in [0.05, 0.1) is 24.9 Å². The van der Waals surface area contributed by atoms with Crippen molar-refractivity contribution in [3.05, 3.63) is 29.8 Å². The van der Waals surface area contributed by atoms with Crippen LogP contribution in [0, 0.1) is 0 Å². The Bertz CT molecular complexity index is 683. The molecule has 0 unspecified atom stereocenters. The third-order valence-corrected chi connectivity index (χ3v) is 3.88. The highest BCUT2D eigenvalue weighted by Crippen LogP contribution is 2.33. The minimum atomic E-state index is -1.03. The lowest BCUT2D eigenvalue weighted by molar-refractivity contribution is -0.136. The molecule has 0 saturated carbocycles. The van der Waals surface area contributed by atoms with Crippen LogP contribution in [0.5, 0.6) is 11.5 Å². The maximum absolute atomic E-state index is 12.0. The lowest BCUT2D eigenvalue weighted by Gasteiger charge is -2.26. The van der Waals surface area contributed by atoms with Crippen LogP contribution in [0.4, 0.5) is 0 Å². The van der Waals surface area contributed by atoms with Crippen LogP contribution in [0.25, 0.3) is 5.70 Å². The molecule has 0 aliphatic carbocycles. The quantitative estimate of drug-likeness (QED) is 0.826. The number of hydrogen-bond acceptors (Lipinski definition) is 5. The van der Waals surface area contributed by atoms with Gasteiger partial charge in [-0.15, -0.1) is 0 Å². The molecule has 0 radical (unpaired) electrons. The summed E-state index contributed by atoms with van der Waals surface area (Å²) in [4.78, 5) is 25.0. The summed E-state index contributed by atoms with van der Waals surface area (Å²) < 4.78 is 10.5. The minimum Gasteiger partial charge on any atom is -0.497 e. The molecule has 0 atom stereocenters. The first-order valence-corrected chi connectivity index (χ1v) is 7.36. The van der Waals surface area contributed by atoms with Crippen LogP contribution in [0.15, 0.2) is 24.3 Å². The molecule has 0 fully saturated rings. The van der Waals surface area contributed by atoms with E-state index in [0.717, 1.165) is 0 Å². The summed E-state index contributed by atoms with van der Waals surface area (Å²) in [6.45, 7) is -0.312. The van der Waals surface area contributed by atoms with E-state index in [-0.39, 0.29) is 18.7 Å². The summed E-state index contributed by atoms with van der Waals surface area (Å²) >= 11 is 5.29. The SMILES string of the molecule is COc1ccc(C2=CC(=O)CCC(=S)N2CC(=O)O)c(OC)c1. The highest BCUT2D eigenvalue weighted by Gasteiger charge is 2.25. The summed E-state index contributed by atoms with van der Waals surface area (Å²) in [7, 11) is 3.03. The van der Waals surface area contributed by atoms with Gasteiger partial charge >= 0.3 is 5.97 Å². The molecule has 1 aromatic carbocycles. The summed E-state index contributed by atoms with van der Waals surface area (Å²) in [6.07, 6.45) is 2.03. The van der Waals surface area contributed by atoms with E-state index in [2.05, 4.69) is 0 Å². The van der Waals surface area contributed by atoms with E-state index in [9.17, 15) is 9.59 Å². The molecule has 2 rings (SSSR count). The first-order chi connectivity index (χ1) is 11.0. The zero-order chi connectivity index (χ0) is 17.0. The number of carboxylic acids is 1. The number of carbonyl (C=O) groups excluding carboxylic acids is 1. The smallest absolute Gasteiger partial charge is 0.323 e. The second-order valence-electron chi connectivity index (χ2n) is 4.94.